The molecule has 1 rings (SSSR count). The third kappa shape index (κ3) is 4.76. The minimum absolute atomic E-state index is 0.228. The Morgan fingerprint density at radius 1 is 1.44 bits per heavy atom. The van der Waals surface area contributed by atoms with Gasteiger partial charge in [0, 0.05) is 18.7 Å². The zero-order valence-corrected chi connectivity index (χ0v) is 10.5. The molecule has 0 heterocycles. The SMILES string of the molecule is C#CCOc1ccccc1CNCC(C)(O)CO. The average Bonchev–Trinajstić information content (AvgIpc) is 2.37. The summed E-state index contributed by atoms with van der Waals surface area (Å²) in [5.41, 5.74) is -0.157. The molecule has 0 aliphatic heterocycles. The van der Waals surface area contributed by atoms with Gasteiger partial charge >= 0.3 is 0 Å². The molecular weight excluding hydrogens is 230 g/mol. The molecule has 98 valence electrons. The molecule has 0 spiro atoms. The van der Waals surface area contributed by atoms with Crippen LogP contribution in [0.1, 0.15) is 12.5 Å². The summed E-state index contributed by atoms with van der Waals surface area (Å²) in [6, 6.07) is 7.55. The van der Waals surface area contributed by atoms with Crippen LogP contribution in [0.5, 0.6) is 5.75 Å². The van der Waals surface area contributed by atoms with Crippen molar-refractivity contribution in [1.29, 1.82) is 0 Å². The number of hydrogen-bond acceptors (Lipinski definition) is 4. The fourth-order valence-electron chi connectivity index (χ4n) is 1.43. The number of nitrogens with one attached hydrogen (secondary N) is 1. The van der Waals surface area contributed by atoms with Gasteiger partial charge in [-0.3, -0.25) is 0 Å². The summed E-state index contributed by atoms with van der Waals surface area (Å²) in [7, 11) is 0. The highest BCUT2D eigenvalue weighted by Crippen LogP contribution is 2.17. The molecule has 18 heavy (non-hydrogen) atoms. The molecule has 1 aromatic carbocycles. The second kappa shape index (κ2) is 7.02. The Balaban J connectivity index is 2.54. The predicted octanol–water partition coefficient (Wildman–Crippen LogP) is 0.531. The average molecular weight is 249 g/mol. The first-order chi connectivity index (χ1) is 8.59. The monoisotopic (exact) mass is 249 g/mol. The largest absolute Gasteiger partial charge is 0.481 e. The predicted molar refractivity (Wildman–Crippen MR) is 70.2 cm³/mol. The highest BCUT2D eigenvalue weighted by molar-refractivity contribution is 5.33. The quantitative estimate of drug-likeness (QED) is 0.617. The van der Waals surface area contributed by atoms with E-state index in [2.05, 4.69) is 11.2 Å². The molecule has 0 saturated carbocycles. The molecule has 3 N–H and O–H groups in total. The minimum Gasteiger partial charge on any atom is -0.481 e. The molecule has 0 bridgehead atoms. The van der Waals surface area contributed by atoms with E-state index in [1.54, 1.807) is 6.92 Å². The first-order valence-electron chi connectivity index (χ1n) is 5.77. The molecule has 0 aliphatic rings. The summed E-state index contributed by atoms with van der Waals surface area (Å²) in [4.78, 5) is 0. The van der Waals surface area contributed by atoms with E-state index < -0.39 is 5.60 Å². The Kier molecular flexibility index (Phi) is 5.66. The highest BCUT2D eigenvalue weighted by atomic mass is 16.5. The maximum Gasteiger partial charge on any atom is 0.148 e. The first kappa shape index (κ1) is 14.5. The fraction of sp³-hybridized carbons (Fsp3) is 0.429. The number of para-hydroxylation sites is 1. The molecule has 0 saturated heterocycles. The molecule has 4 heteroatoms. The van der Waals surface area contributed by atoms with Crippen molar-refractivity contribution in [2.24, 2.45) is 0 Å². The highest BCUT2D eigenvalue weighted by Gasteiger charge is 2.18. The molecule has 4 nitrogen and oxygen atoms in total. The number of hydrogen-bond donors (Lipinski definition) is 3. The number of ether oxygens (including phenoxy) is 1. The number of rotatable bonds is 7. The Morgan fingerprint density at radius 2 is 2.17 bits per heavy atom. The van der Waals surface area contributed by atoms with E-state index in [0.29, 0.717) is 13.1 Å². The van der Waals surface area contributed by atoms with E-state index in [1.165, 1.54) is 0 Å². The molecule has 0 aliphatic carbocycles. The lowest BCUT2D eigenvalue weighted by Gasteiger charge is -2.21. The second-order valence-electron chi connectivity index (χ2n) is 4.36. The molecule has 0 fully saturated rings. The molecule has 1 aromatic rings. The van der Waals surface area contributed by atoms with Crippen LogP contribution in [-0.2, 0) is 6.54 Å². The maximum absolute atomic E-state index is 9.64. The van der Waals surface area contributed by atoms with Crippen molar-refractivity contribution in [3.8, 4) is 18.1 Å². The number of benzene rings is 1. The van der Waals surface area contributed by atoms with Crippen LogP contribution in [0.2, 0.25) is 0 Å². The van der Waals surface area contributed by atoms with E-state index in [-0.39, 0.29) is 13.2 Å². The Labute approximate surface area is 108 Å². The van der Waals surface area contributed by atoms with Crippen LogP contribution < -0.4 is 10.1 Å². The minimum atomic E-state index is -1.12. The van der Waals surface area contributed by atoms with Gasteiger partial charge in [-0.05, 0) is 13.0 Å². The standard InChI is InChI=1S/C14H19NO3/c1-3-8-18-13-7-5-4-6-12(13)9-15-10-14(2,17)11-16/h1,4-7,15-17H,8-11H2,2H3. The van der Waals surface area contributed by atoms with E-state index >= 15 is 0 Å². The normalized spacial score (nSPS) is 13.7. The van der Waals surface area contributed by atoms with E-state index in [0.717, 1.165) is 11.3 Å². The smallest absolute Gasteiger partial charge is 0.148 e. The summed E-state index contributed by atoms with van der Waals surface area (Å²) in [5.74, 6) is 3.15. The van der Waals surface area contributed by atoms with E-state index in [4.69, 9.17) is 16.3 Å². The molecular formula is C14H19NO3. The Morgan fingerprint density at radius 3 is 2.83 bits per heavy atom. The van der Waals surface area contributed by atoms with Gasteiger partial charge in [0.2, 0.25) is 0 Å². The van der Waals surface area contributed by atoms with Gasteiger partial charge in [0.25, 0.3) is 0 Å². The van der Waals surface area contributed by atoms with Crippen LogP contribution in [0.15, 0.2) is 24.3 Å². The lowest BCUT2D eigenvalue weighted by Crippen LogP contribution is -2.40. The number of aliphatic hydroxyl groups is 2. The molecule has 1 unspecified atom stereocenters. The van der Waals surface area contributed by atoms with Gasteiger partial charge in [-0.15, -0.1) is 6.42 Å². The maximum atomic E-state index is 9.64. The summed E-state index contributed by atoms with van der Waals surface area (Å²) in [6.07, 6.45) is 5.15. The van der Waals surface area contributed by atoms with Crippen LogP contribution in [0.4, 0.5) is 0 Å². The van der Waals surface area contributed by atoms with Crippen molar-refractivity contribution in [1.82, 2.24) is 5.32 Å². The van der Waals surface area contributed by atoms with Gasteiger partial charge in [-0.2, -0.15) is 0 Å². The van der Waals surface area contributed by atoms with Gasteiger partial charge in [-0.1, -0.05) is 24.1 Å². The van der Waals surface area contributed by atoms with E-state index in [1.807, 2.05) is 24.3 Å². The molecule has 0 amide bonds. The zero-order valence-electron chi connectivity index (χ0n) is 10.5. The summed E-state index contributed by atoms with van der Waals surface area (Å²) < 4.78 is 5.41. The van der Waals surface area contributed by atoms with Crippen LogP contribution >= 0.6 is 0 Å². The molecule has 0 radical (unpaired) electrons. The fourth-order valence-corrected chi connectivity index (χ4v) is 1.43. The zero-order chi connectivity index (χ0) is 13.4. The molecule has 1 atom stereocenters. The third-order valence-corrected chi connectivity index (χ3v) is 2.45. The summed E-state index contributed by atoms with van der Waals surface area (Å²) in [6.45, 7) is 2.35. The molecule has 0 aromatic heterocycles. The van der Waals surface area contributed by atoms with Gasteiger partial charge in [-0.25, -0.2) is 0 Å². The Bertz CT molecular complexity index is 410. The lowest BCUT2D eigenvalue weighted by atomic mass is 10.1. The summed E-state index contributed by atoms with van der Waals surface area (Å²) in [5, 5.41) is 21.6. The van der Waals surface area contributed by atoms with Crippen LogP contribution in [0.25, 0.3) is 0 Å². The first-order valence-corrected chi connectivity index (χ1v) is 5.77. The van der Waals surface area contributed by atoms with Gasteiger partial charge in [0.1, 0.15) is 12.4 Å². The lowest BCUT2D eigenvalue weighted by molar-refractivity contribution is 0.00250. The van der Waals surface area contributed by atoms with Gasteiger partial charge in [0.05, 0.1) is 12.2 Å². The van der Waals surface area contributed by atoms with Crippen molar-refractivity contribution in [3.05, 3.63) is 29.8 Å². The second-order valence-corrected chi connectivity index (χ2v) is 4.36. The van der Waals surface area contributed by atoms with Crippen molar-refractivity contribution in [2.75, 3.05) is 19.8 Å². The summed E-state index contributed by atoms with van der Waals surface area (Å²) >= 11 is 0. The van der Waals surface area contributed by atoms with Crippen molar-refractivity contribution in [2.45, 2.75) is 19.1 Å². The van der Waals surface area contributed by atoms with E-state index in [9.17, 15) is 5.11 Å². The van der Waals surface area contributed by atoms with Crippen LogP contribution in [0.3, 0.4) is 0 Å². The number of terminal acetylenes is 1. The van der Waals surface area contributed by atoms with Gasteiger partial charge < -0.3 is 20.3 Å². The Hall–Kier alpha value is -1.54. The number of aliphatic hydroxyl groups excluding tert-OH is 1. The third-order valence-electron chi connectivity index (χ3n) is 2.45. The topological polar surface area (TPSA) is 61.7 Å². The van der Waals surface area contributed by atoms with Crippen LogP contribution in [-0.4, -0.2) is 35.6 Å². The van der Waals surface area contributed by atoms with Crippen molar-refractivity contribution >= 4 is 0 Å². The van der Waals surface area contributed by atoms with Crippen molar-refractivity contribution < 1.29 is 14.9 Å². The van der Waals surface area contributed by atoms with Gasteiger partial charge in [0.15, 0.2) is 0 Å². The van der Waals surface area contributed by atoms with Crippen molar-refractivity contribution in [3.63, 3.8) is 0 Å². The van der Waals surface area contributed by atoms with Crippen LogP contribution in [0, 0.1) is 12.3 Å².